The predicted molar refractivity (Wildman–Crippen MR) is 72.4 cm³/mol. The summed E-state index contributed by atoms with van der Waals surface area (Å²) in [6, 6.07) is 7.55. The molecule has 0 aromatic heterocycles. The van der Waals surface area contributed by atoms with Crippen molar-refractivity contribution < 1.29 is 18.3 Å². The van der Waals surface area contributed by atoms with Gasteiger partial charge < -0.3 is 5.11 Å². The summed E-state index contributed by atoms with van der Waals surface area (Å²) in [5.74, 6) is -1.85. The van der Waals surface area contributed by atoms with Crippen molar-refractivity contribution in [2.45, 2.75) is 18.7 Å². The van der Waals surface area contributed by atoms with Gasteiger partial charge in [0.05, 0.1) is 22.4 Å². The van der Waals surface area contributed by atoms with Gasteiger partial charge in [0.2, 0.25) is 10.0 Å². The molecule has 6 nitrogen and oxygen atoms in total. The first-order valence-electron chi connectivity index (χ1n) is 6.06. The van der Waals surface area contributed by atoms with Crippen molar-refractivity contribution in [1.82, 2.24) is 4.31 Å². The van der Waals surface area contributed by atoms with Gasteiger partial charge >= 0.3 is 5.97 Å². The molecule has 0 bridgehead atoms. The number of carboxylic acids is 1. The van der Waals surface area contributed by atoms with Crippen LogP contribution in [0.25, 0.3) is 0 Å². The highest BCUT2D eigenvalue weighted by molar-refractivity contribution is 7.89. The van der Waals surface area contributed by atoms with Gasteiger partial charge in [0, 0.05) is 13.1 Å². The zero-order chi connectivity index (χ0) is 15.3. The van der Waals surface area contributed by atoms with E-state index in [0.717, 1.165) is 4.31 Å². The molecule has 0 aliphatic heterocycles. The lowest BCUT2D eigenvalue weighted by molar-refractivity contribution is -0.141. The normalized spacial score (nSPS) is 12.9. The monoisotopic (exact) mass is 296 g/mol. The Morgan fingerprint density at radius 1 is 1.50 bits per heavy atom. The molecule has 0 radical (unpaired) electrons. The molecule has 20 heavy (non-hydrogen) atoms. The van der Waals surface area contributed by atoms with Gasteiger partial charge in [-0.2, -0.15) is 9.57 Å². The Balaban J connectivity index is 3.12. The minimum atomic E-state index is -3.79. The standard InChI is InChI=1S/C13H16N2O4S/c1-3-15(9-10(2)13(16)17)20(18,19)12-6-4-5-11(7-12)8-14/h4-7,10H,3,9H2,1-2H3,(H,16,17). The van der Waals surface area contributed by atoms with Crippen molar-refractivity contribution in [2.24, 2.45) is 5.92 Å². The molecule has 108 valence electrons. The molecule has 0 saturated carbocycles. The Bertz CT molecular complexity index is 634. The fourth-order valence-electron chi connectivity index (χ4n) is 1.66. The van der Waals surface area contributed by atoms with Crippen molar-refractivity contribution in [1.29, 1.82) is 5.26 Å². The predicted octanol–water partition coefficient (Wildman–Crippen LogP) is 1.29. The molecule has 1 N–H and O–H groups in total. The zero-order valence-electron chi connectivity index (χ0n) is 11.3. The number of aliphatic carboxylic acids is 1. The molecule has 1 aromatic rings. The number of rotatable bonds is 6. The van der Waals surface area contributed by atoms with E-state index in [4.69, 9.17) is 10.4 Å². The van der Waals surface area contributed by atoms with Crippen LogP contribution in [0.1, 0.15) is 19.4 Å². The van der Waals surface area contributed by atoms with Gasteiger partial charge in [-0.15, -0.1) is 0 Å². The maximum Gasteiger partial charge on any atom is 0.307 e. The van der Waals surface area contributed by atoms with E-state index in [0.29, 0.717) is 0 Å². The van der Waals surface area contributed by atoms with E-state index in [1.165, 1.54) is 31.2 Å². The van der Waals surface area contributed by atoms with E-state index in [1.54, 1.807) is 6.92 Å². The number of carbonyl (C=O) groups is 1. The van der Waals surface area contributed by atoms with Gasteiger partial charge in [-0.3, -0.25) is 4.79 Å². The van der Waals surface area contributed by atoms with E-state index in [2.05, 4.69) is 0 Å². The van der Waals surface area contributed by atoms with Gasteiger partial charge in [0.1, 0.15) is 0 Å². The van der Waals surface area contributed by atoms with Crippen LogP contribution in [0.3, 0.4) is 0 Å². The van der Waals surface area contributed by atoms with Crippen LogP contribution in [0.5, 0.6) is 0 Å². The molecule has 1 atom stereocenters. The Hall–Kier alpha value is -1.91. The van der Waals surface area contributed by atoms with Crippen molar-refractivity contribution in [3.8, 4) is 6.07 Å². The maximum atomic E-state index is 12.4. The Labute approximate surface area is 118 Å². The number of carboxylic acid groups (broad SMARTS) is 1. The third-order valence-corrected chi connectivity index (χ3v) is 4.79. The highest BCUT2D eigenvalue weighted by Gasteiger charge is 2.26. The molecule has 7 heteroatoms. The molecule has 0 saturated heterocycles. The van der Waals surface area contributed by atoms with Gasteiger partial charge in [0.25, 0.3) is 0 Å². The van der Waals surface area contributed by atoms with Gasteiger partial charge in [-0.1, -0.05) is 19.9 Å². The van der Waals surface area contributed by atoms with Crippen LogP contribution < -0.4 is 0 Å². The second-order valence-corrected chi connectivity index (χ2v) is 6.27. The van der Waals surface area contributed by atoms with Gasteiger partial charge in [-0.05, 0) is 18.2 Å². The third kappa shape index (κ3) is 3.56. The van der Waals surface area contributed by atoms with Gasteiger partial charge in [-0.25, -0.2) is 8.42 Å². The van der Waals surface area contributed by atoms with Crippen LogP contribution in [-0.2, 0) is 14.8 Å². The van der Waals surface area contributed by atoms with Crippen LogP contribution in [-0.4, -0.2) is 36.9 Å². The molecule has 1 rings (SSSR count). The van der Waals surface area contributed by atoms with Crippen molar-refractivity contribution in [3.63, 3.8) is 0 Å². The van der Waals surface area contributed by atoms with Crippen molar-refractivity contribution in [3.05, 3.63) is 29.8 Å². The fourth-order valence-corrected chi connectivity index (χ4v) is 3.24. The quantitative estimate of drug-likeness (QED) is 0.852. The topological polar surface area (TPSA) is 98.5 Å². The number of hydrogen-bond donors (Lipinski definition) is 1. The highest BCUT2D eigenvalue weighted by Crippen LogP contribution is 2.18. The maximum absolute atomic E-state index is 12.4. The lowest BCUT2D eigenvalue weighted by Gasteiger charge is -2.22. The van der Waals surface area contributed by atoms with E-state index in [-0.39, 0.29) is 23.5 Å². The number of nitriles is 1. The van der Waals surface area contributed by atoms with E-state index in [9.17, 15) is 13.2 Å². The first kappa shape index (κ1) is 16.1. The third-order valence-electron chi connectivity index (χ3n) is 2.85. The Morgan fingerprint density at radius 3 is 2.65 bits per heavy atom. The molecule has 0 spiro atoms. The zero-order valence-corrected chi connectivity index (χ0v) is 12.1. The minimum Gasteiger partial charge on any atom is -0.481 e. The van der Waals surface area contributed by atoms with E-state index >= 15 is 0 Å². The van der Waals surface area contributed by atoms with Crippen LogP contribution in [0, 0.1) is 17.2 Å². The lowest BCUT2D eigenvalue weighted by atomic mass is 10.2. The van der Waals surface area contributed by atoms with Crippen LogP contribution >= 0.6 is 0 Å². The van der Waals surface area contributed by atoms with Crippen molar-refractivity contribution in [2.75, 3.05) is 13.1 Å². The molecular formula is C13H16N2O4S. The minimum absolute atomic E-state index is 0.00371. The summed E-state index contributed by atoms with van der Waals surface area (Å²) in [4.78, 5) is 10.8. The van der Waals surface area contributed by atoms with Crippen molar-refractivity contribution >= 4 is 16.0 Å². The first-order chi connectivity index (χ1) is 9.32. The lowest BCUT2D eigenvalue weighted by Crippen LogP contribution is -2.36. The molecule has 0 amide bonds. The van der Waals surface area contributed by atoms with Crippen LogP contribution in [0.4, 0.5) is 0 Å². The summed E-state index contributed by atoms with van der Waals surface area (Å²) in [7, 11) is -3.79. The first-order valence-corrected chi connectivity index (χ1v) is 7.50. The molecule has 0 aliphatic carbocycles. The van der Waals surface area contributed by atoms with E-state index < -0.39 is 21.9 Å². The smallest absolute Gasteiger partial charge is 0.307 e. The van der Waals surface area contributed by atoms with Crippen LogP contribution in [0.15, 0.2) is 29.2 Å². The molecule has 1 aromatic carbocycles. The summed E-state index contributed by atoms with van der Waals surface area (Å²) in [5, 5.41) is 17.7. The largest absolute Gasteiger partial charge is 0.481 e. The summed E-state index contributed by atoms with van der Waals surface area (Å²) >= 11 is 0. The average Bonchev–Trinajstić information content (AvgIpc) is 2.44. The Kier molecular flexibility index (Phi) is 5.25. The summed E-state index contributed by atoms with van der Waals surface area (Å²) in [5.41, 5.74) is 0.244. The van der Waals surface area contributed by atoms with E-state index in [1.807, 2.05) is 6.07 Å². The second kappa shape index (κ2) is 6.50. The molecule has 0 heterocycles. The summed E-state index contributed by atoms with van der Waals surface area (Å²) < 4.78 is 25.9. The number of sulfonamides is 1. The highest BCUT2D eigenvalue weighted by atomic mass is 32.2. The summed E-state index contributed by atoms with van der Waals surface area (Å²) in [6.07, 6.45) is 0. The molecule has 0 aliphatic rings. The summed E-state index contributed by atoms with van der Waals surface area (Å²) in [6.45, 7) is 3.15. The molecule has 1 unspecified atom stereocenters. The SMILES string of the molecule is CCN(CC(C)C(=O)O)S(=O)(=O)c1cccc(C#N)c1. The number of benzene rings is 1. The fraction of sp³-hybridized carbons (Fsp3) is 0.385. The molecular weight excluding hydrogens is 280 g/mol. The van der Waals surface area contributed by atoms with Gasteiger partial charge in [0.15, 0.2) is 0 Å². The molecule has 0 fully saturated rings. The number of hydrogen-bond acceptors (Lipinski definition) is 4. The Morgan fingerprint density at radius 2 is 2.15 bits per heavy atom. The number of nitrogens with zero attached hydrogens (tertiary/aromatic N) is 2. The second-order valence-electron chi connectivity index (χ2n) is 4.33. The van der Waals surface area contributed by atoms with Crippen LogP contribution in [0.2, 0.25) is 0 Å². The average molecular weight is 296 g/mol.